The lowest BCUT2D eigenvalue weighted by molar-refractivity contribution is -0.119. The molecule has 1 heterocycles. The van der Waals surface area contributed by atoms with Crippen molar-refractivity contribution in [3.63, 3.8) is 0 Å². The van der Waals surface area contributed by atoms with Crippen LogP contribution in [0.25, 0.3) is 10.2 Å². The SMILES string of the molecule is COc1ccc2nc(NC(=O)COC(=O)c3cc(Br)ccc3Cl)sc2c1. The fourth-order valence-corrected chi connectivity index (χ4v) is 3.57. The van der Waals surface area contributed by atoms with E-state index >= 15 is 0 Å². The van der Waals surface area contributed by atoms with E-state index in [9.17, 15) is 9.59 Å². The number of nitrogens with zero attached hydrogens (tertiary/aromatic N) is 1. The lowest BCUT2D eigenvalue weighted by atomic mass is 10.2. The van der Waals surface area contributed by atoms with Crippen LogP contribution in [-0.2, 0) is 9.53 Å². The highest BCUT2D eigenvalue weighted by Crippen LogP contribution is 2.29. The third kappa shape index (κ3) is 4.32. The van der Waals surface area contributed by atoms with Crippen LogP contribution in [0.4, 0.5) is 5.13 Å². The number of rotatable bonds is 5. The lowest BCUT2D eigenvalue weighted by Gasteiger charge is -2.06. The predicted molar refractivity (Wildman–Crippen MR) is 104 cm³/mol. The molecule has 3 aromatic rings. The molecule has 0 bridgehead atoms. The van der Waals surface area contributed by atoms with Gasteiger partial charge in [0.2, 0.25) is 0 Å². The highest BCUT2D eigenvalue weighted by Gasteiger charge is 2.15. The van der Waals surface area contributed by atoms with Crippen molar-refractivity contribution in [3.05, 3.63) is 51.5 Å². The van der Waals surface area contributed by atoms with Gasteiger partial charge in [-0.05, 0) is 36.4 Å². The van der Waals surface area contributed by atoms with Gasteiger partial charge in [0, 0.05) is 4.47 Å². The van der Waals surface area contributed by atoms with Gasteiger partial charge >= 0.3 is 5.97 Å². The monoisotopic (exact) mass is 454 g/mol. The largest absolute Gasteiger partial charge is 0.497 e. The number of thiazole rings is 1. The molecular weight excluding hydrogens is 444 g/mol. The third-order valence-electron chi connectivity index (χ3n) is 3.32. The average Bonchev–Trinajstić information content (AvgIpc) is 3.02. The Balaban J connectivity index is 1.62. The number of benzene rings is 2. The van der Waals surface area contributed by atoms with Gasteiger partial charge in [0.25, 0.3) is 5.91 Å². The van der Waals surface area contributed by atoms with Gasteiger partial charge in [-0.15, -0.1) is 0 Å². The Bertz CT molecular complexity index is 992. The first-order chi connectivity index (χ1) is 12.5. The average molecular weight is 456 g/mol. The number of anilines is 1. The van der Waals surface area contributed by atoms with Gasteiger partial charge in [0.15, 0.2) is 11.7 Å². The number of ether oxygens (including phenoxy) is 2. The number of methoxy groups -OCH3 is 1. The number of fused-ring (bicyclic) bond motifs is 1. The summed E-state index contributed by atoms with van der Waals surface area (Å²) in [6.45, 7) is -0.444. The number of nitrogens with one attached hydrogen (secondary N) is 1. The molecule has 0 spiro atoms. The fraction of sp³-hybridized carbons (Fsp3) is 0.118. The summed E-state index contributed by atoms with van der Waals surface area (Å²) in [5.41, 5.74) is 0.921. The lowest BCUT2D eigenvalue weighted by Crippen LogP contribution is -2.21. The molecule has 0 aliphatic rings. The van der Waals surface area contributed by atoms with Gasteiger partial charge in [-0.25, -0.2) is 9.78 Å². The maximum absolute atomic E-state index is 12.1. The molecule has 1 aromatic heterocycles. The minimum absolute atomic E-state index is 0.181. The van der Waals surface area contributed by atoms with E-state index in [0.717, 1.165) is 10.2 Å². The van der Waals surface area contributed by atoms with Crippen molar-refractivity contribution < 1.29 is 19.1 Å². The Morgan fingerprint density at radius 3 is 2.85 bits per heavy atom. The summed E-state index contributed by atoms with van der Waals surface area (Å²) in [5.74, 6) is -0.463. The number of carbonyl (C=O) groups is 2. The highest BCUT2D eigenvalue weighted by molar-refractivity contribution is 9.10. The number of halogens is 2. The fourth-order valence-electron chi connectivity index (χ4n) is 2.10. The number of hydrogen-bond acceptors (Lipinski definition) is 6. The van der Waals surface area contributed by atoms with Crippen molar-refractivity contribution in [2.45, 2.75) is 0 Å². The predicted octanol–water partition coefficient (Wildman–Crippen LogP) is 4.52. The zero-order valence-corrected chi connectivity index (χ0v) is 16.6. The maximum atomic E-state index is 12.1. The zero-order chi connectivity index (χ0) is 18.7. The molecule has 26 heavy (non-hydrogen) atoms. The maximum Gasteiger partial charge on any atom is 0.340 e. The third-order valence-corrected chi connectivity index (χ3v) is 5.08. The molecule has 0 saturated heterocycles. The Kier molecular flexibility index (Phi) is 5.75. The van der Waals surface area contributed by atoms with Crippen molar-refractivity contribution in [3.8, 4) is 5.75 Å². The Hall–Kier alpha value is -2.16. The molecule has 2 aromatic carbocycles. The van der Waals surface area contributed by atoms with Crippen molar-refractivity contribution in [2.75, 3.05) is 19.0 Å². The van der Waals surface area contributed by atoms with Gasteiger partial charge < -0.3 is 9.47 Å². The molecule has 134 valence electrons. The van der Waals surface area contributed by atoms with Crippen LogP contribution in [0.15, 0.2) is 40.9 Å². The van der Waals surface area contributed by atoms with Crippen molar-refractivity contribution in [1.29, 1.82) is 0 Å². The van der Waals surface area contributed by atoms with Crippen LogP contribution in [0.3, 0.4) is 0 Å². The minimum Gasteiger partial charge on any atom is -0.497 e. The number of hydrogen-bond donors (Lipinski definition) is 1. The molecule has 3 rings (SSSR count). The van der Waals surface area contributed by atoms with Crippen LogP contribution in [0.2, 0.25) is 5.02 Å². The van der Waals surface area contributed by atoms with Crippen LogP contribution < -0.4 is 10.1 Å². The topological polar surface area (TPSA) is 77.5 Å². The minimum atomic E-state index is -0.680. The summed E-state index contributed by atoms with van der Waals surface area (Å²) in [6, 6.07) is 10.2. The first kappa shape index (κ1) is 18.6. The van der Waals surface area contributed by atoms with E-state index in [4.69, 9.17) is 21.1 Å². The molecule has 0 aliphatic carbocycles. The highest BCUT2D eigenvalue weighted by atomic mass is 79.9. The van der Waals surface area contributed by atoms with Crippen LogP contribution in [0.1, 0.15) is 10.4 Å². The first-order valence-corrected chi connectivity index (χ1v) is 9.31. The van der Waals surface area contributed by atoms with Gasteiger partial charge in [-0.2, -0.15) is 0 Å². The molecule has 0 radical (unpaired) electrons. The van der Waals surface area contributed by atoms with E-state index in [1.165, 1.54) is 17.4 Å². The van der Waals surface area contributed by atoms with E-state index in [2.05, 4.69) is 26.2 Å². The van der Waals surface area contributed by atoms with Crippen LogP contribution in [0.5, 0.6) is 5.75 Å². The van der Waals surface area contributed by atoms with E-state index in [-0.39, 0.29) is 10.6 Å². The van der Waals surface area contributed by atoms with E-state index in [0.29, 0.717) is 15.4 Å². The summed E-state index contributed by atoms with van der Waals surface area (Å²) >= 11 is 10.5. The zero-order valence-electron chi connectivity index (χ0n) is 13.4. The molecule has 1 amide bonds. The summed E-state index contributed by atoms with van der Waals surface area (Å²) in [5, 5.41) is 3.27. The van der Waals surface area contributed by atoms with Gasteiger partial charge in [0.1, 0.15) is 5.75 Å². The number of aromatic nitrogens is 1. The van der Waals surface area contributed by atoms with Crippen molar-refractivity contribution >= 4 is 66.1 Å². The van der Waals surface area contributed by atoms with Crippen molar-refractivity contribution in [2.24, 2.45) is 0 Å². The van der Waals surface area contributed by atoms with Gasteiger partial charge in [-0.3, -0.25) is 10.1 Å². The molecule has 0 atom stereocenters. The second-order valence-corrected chi connectivity index (χ2v) is 7.45. The number of carbonyl (C=O) groups excluding carboxylic acids is 2. The number of esters is 1. The van der Waals surface area contributed by atoms with Gasteiger partial charge in [0.05, 0.1) is 27.9 Å². The summed E-state index contributed by atoms with van der Waals surface area (Å²) in [7, 11) is 1.58. The van der Waals surface area contributed by atoms with E-state index in [1.54, 1.807) is 31.4 Å². The normalized spacial score (nSPS) is 10.6. The molecule has 0 aliphatic heterocycles. The summed E-state index contributed by atoms with van der Waals surface area (Å²) < 4.78 is 11.7. The molecular formula is C17H12BrClN2O4S. The molecule has 0 fully saturated rings. The van der Waals surface area contributed by atoms with Crippen LogP contribution in [-0.4, -0.2) is 30.6 Å². The summed E-state index contributed by atoms with van der Waals surface area (Å²) in [6.07, 6.45) is 0. The van der Waals surface area contributed by atoms with Crippen LogP contribution >= 0.6 is 38.9 Å². The Morgan fingerprint density at radius 2 is 2.08 bits per heavy atom. The molecule has 9 heteroatoms. The standard InChI is InChI=1S/C17H12BrClN2O4S/c1-24-10-3-5-13-14(7-10)26-17(20-13)21-15(22)8-25-16(23)11-6-9(18)2-4-12(11)19/h2-7H,8H2,1H3,(H,20,21,22). The number of amides is 1. The van der Waals surface area contributed by atoms with Gasteiger partial charge in [-0.1, -0.05) is 38.9 Å². The second-order valence-electron chi connectivity index (χ2n) is 5.10. The summed E-state index contributed by atoms with van der Waals surface area (Å²) in [4.78, 5) is 28.4. The van der Waals surface area contributed by atoms with E-state index in [1.807, 2.05) is 6.07 Å². The Labute approximate surface area is 166 Å². The van der Waals surface area contributed by atoms with Crippen LogP contribution in [0, 0.1) is 0 Å². The smallest absolute Gasteiger partial charge is 0.340 e. The van der Waals surface area contributed by atoms with Crippen molar-refractivity contribution in [1.82, 2.24) is 4.98 Å². The Morgan fingerprint density at radius 1 is 1.27 bits per heavy atom. The quantitative estimate of drug-likeness (QED) is 0.573. The molecule has 6 nitrogen and oxygen atoms in total. The molecule has 0 unspecified atom stereocenters. The van der Waals surface area contributed by atoms with E-state index < -0.39 is 18.5 Å². The second kappa shape index (κ2) is 8.03. The first-order valence-electron chi connectivity index (χ1n) is 7.33. The molecule has 1 N–H and O–H groups in total. The molecule has 0 saturated carbocycles.